The molecule has 0 saturated carbocycles. The minimum atomic E-state index is -0.0818. The third-order valence-electron chi connectivity index (χ3n) is 7.10. The number of para-hydroxylation sites is 1. The lowest BCUT2D eigenvalue weighted by Crippen LogP contribution is -2.43. The van der Waals surface area contributed by atoms with E-state index in [2.05, 4.69) is 32.4 Å². The number of benzene rings is 1. The van der Waals surface area contributed by atoms with E-state index >= 15 is 0 Å². The van der Waals surface area contributed by atoms with Gasteiger partial charge in [0.25, 0.3) is 5.56 Å². The third kappa shape index (κ3) is 3.87. The Hall–Kier alpha value is -3.20. The van der Waals surface area contributed by atoms with Gasteiger partial charge in [0.2, 0.25) is 16.0 Å². The largest absolute Gasteiger partial charge is 0.361 e. The fourth-order valence-electron chi connectivity index (χ4n) is 5.26. The van der Waals surface area contributed by atoms with Crippen LogP contribution in [0.3, 0.4) is 0 Å². The van der Waals surface area contributed by atoms with Crippen LogP contribution in [0.1, 0.15) is 42.5 Å². The molecule has 2 N–H and O–H groups in total. The number of piperidine rings is 1. The Balaban J connectivity index is 1.12. The molecule has 0 spiro atoms. The minimum Gasteiger partial charge on any atom is -0.361 e. The Kier molecular flexibility index (Phi) is 5.57. The van der Waals surface area contributed by atoms with E-state index in [1.807, 2.05) is 18.3 Å². The second kappa shape index (κ2) is 8.87. The van der Waals surface area contributed by atoms with Gasteiger partial charge in [0.15, 0.2) is 0 Å². The molecule has 9 heteroatoms. The van der Waals surface area contributed by atoms with Crippen LogP contribution in [0.4, 0.5) is 5.13 Å². The molecule has 8 nitrogen and oxygen atoms in total. The standard InChI is InChI=1S/C25H28N6O2S/c32-22(26-12-11-16-14-27-20-9-3-1-7-18(16)20)17-6-5-13-30(15-17)25-29-31-23(33)19-8-2-4-10-21(19)28-24(31)34-25/h1,3,7,9,14,17,27H,2,4-6,8,10-13,15H2,(H,26,32)/t17-/m1/s1. The van der Waals surface area contributed by atoms with Gasteiger partial charge in [-0.05, 0) is 56.6 Å². The van der Waals surface area contributed by atoms with E-state index in [0.29, 0.717) is 18.1 Å². The van der Waals surface area contributed by atoms with Gasteiger partial charge in [-0.15, -0.1) is 5.10 Å². The van der Waals surface area contributed by atoms with Crippen molar-refractivity contribution in [3.8, 4) is 0 Å². The average Bonchev–Trinajstić information content (AvgIpc) is 3.49. The number of hydrogen-bond acceptors (Lipinski definition) is 6. The number of aromatic nitrogens is 4. The van der Waals surface area contributed by atoms with Crippen molar-refractivity contribution in [1.82, 2.24) is 24.9 Å². The van der Waals surface area contributed by atoms with Gasteiger partial charge in [-0.3, -0.25) is 9.59 Å². The number of H-pyrrole nitrogens is 1. The van der Waals surface area contributed by atoms with Crippen LogP contribution in [0.15, 0.2) is 35.3 Å². The first-order chi connectivity index (χ1) is 16.7. The molecule has 1 aromatic carbocycles. The van der Waals surface area contributed by atoms with E-state index in [4.69, 9.17) is 4.98 Å². The molecule has 2 aliphatic rings. The average molecular weight is 477 g/mol. The van der Waals surface area contributed by atoms with Gasteiger partial charge in [-0.1, -0.05) is 29.5 Å². The van der Waals surface area contributed by atoms with Crippen LogP contribution < -0.4 is 15.8 Å². The van der Waals surface area contributed by atoms with Gasteiger partial charge in [-0.2, -0.15) is 4.52 Å². The molecule has 1 aliphatic carbocycles. The van der Waals surface area contributed by atoms with Crippen molar-refractivity contribution in [2.24, 2.45) is 5.92 Å². The number of aromatic amines is 1. The summed E-state index contributed by atoms with van der Waals surface area (Å²) in [6.45, 7) is 2.07. The van der Waals surface area contributed by atoms with Gasteiger partial charge in [0.1, 0.15) is 0 Å². The Morgan fingerprint density at radius 1 is 1.21 bits per heavy atom. The number of aryl methyl sites for hydroxylation is 1. The van der Waals surface area contributed by atoms with Gasteiger partial charge in [0, 0.05) is 42.3 Å². The third-order valence-corrected chi connectivity index (χ3v) is 8.07. The van der Waals surface area contributed by atoms with Gasteiger partial charge in [-0.25, -0.2) is 4.98 Å². The Bertz CT molecular complexity index is 1420. The quantitative estimate of drug-likeness (QED) is 0.462. The number of nitrogens with one attached hydrogen (secondary N) is 2. The number of fused-ring (bicyclic) bond motifs is 3. The lowest BCUT2D eigenvalue weighted by atomic mass is 9.97. The molecule has 176 valence electrons. The second-order valence-electron chi connectivity index (χ2n) is 9.31. The molecule has 1 amide bonds. The van der Waals surface area contributed by atoms with Crippen molar-refractivity contribution in [1.29, 1.82) is 0 Å². The highest BCUT2D eigenvalue weighted by molar-refractivity contribution is 7.20. The van der Waals surface area contributed by atoms with Crippen molar-refractivity contribution in [3.05, 3.63) is 57.6 Å². The topological polar surface area (TPSA) is 95.4 Å². The van der Waals surface area contributed by atoms with Crippen LogP contribution in [0.5, 0.6) is 0 Å². The number of nitrogens with zero attached hydrogens (tertiary/aromatic N) is 4. The van der Waals surface area contributed by atoms with E-state index in [1.165, 1.54) is 26.8 Å². The molecular formula is C25H28N6O2S. The van der Waals surface area contributed by atoms with Gasteiger partial charge in [0.05, 0.1) is 11.6 Å². The highest BCUT2D eigenvalue weighted by Gasteiger charge is 2.28. The maximum atomic E-state index is 12.9. The second-order valence-corrected chi connectivity index (χ2v) is 10.2. The lowest BCUT2D eigenvalue weighted by Gasteiger charge is -2.31. The number of anilines is 1. The first-order valence-electron chi connectivity index (χ1n) is 12.2. The summed E-state index contributed by atoms with van der Waals surface area (Å²) in [7, 11) is 0. The maximum absolute atomic E-state index is 12.9. The normalized spacial score (nSPS) is 18.4. The highest BCUT2D eigenvalue weighted by atomic mass is 32.1. The molecular weight excluding hydrogens is 448 g/mol. The number of hydrogen-bond donors (Lipinski definition) is 2. The smallest absolute Gasteiger partial charge is 0.278 e. The number of rotatable bonds is 5. The van der Waals surface area contributed by atoms with Crippen LogP contribution >= 0.6 is 11.3 Å². The minimum absolute atomic E-state index is 0.0224. The summed E-state index contributed by atoms with van der Waals surface area (Å²) < 4.78 is 1.47. The number of amides is 1. The van der Waals surface area contributed by atoms with Gasteiger partial charge < -0.3 is 15.2 Å². The molecule has 0 radical (unpaired) electrons. The predicted molar refractivity (Wildman–Crippen MR) is 134 cm³/mol. The summed E-state index contributed by atoms with van der Waals surface area (Å²) in [4.78, 5) is 36.7. The van der Waals surface area contributed by atoms with Crippen LogP contribution in [-0.2, 0) is 24.1 Å². The zero-order chi connectivity index (χ0) is 23.1. The van der Waals surface area contributed by atoms with Crippen molar-refractivity contribution in [2.75, 3.05) is 24.5 Å². The number of carbonyl (C=O) groups is 1. The lowest BCUT2D eigenvalue weighted by molar-refractivity contribution is -0.125. The van der Waals surface area contributed by atoms with Crippen LogP contribution in [0.25, 0.3) is 15.9 Å². The summed E-state index contributed by atoms with van der Waals surface area (Å²) in [5.74, 6) is 0.0121. The zero-order valence-corrected chi connectivity index (χ0v) is 19.9. The molecule has 0 unspecified atom stereocenters. The molecule has 34 heavy (non-hydrogen) atoms. The molecule has 1 saturated heterocycles. The summed E-state index contributed by atoms with van der Waals surface area (Å²) >= 11 is 1.45. The SMILES string of the molecule is O=C(NCCc1c[nH]c2ccccc12)[C@@H]1CCCN(c2nn3c(=O)c4c(nc3s2)CCCC4)C1. The van der Waals surface area contributed by atoms with E-state index in [1.54, 1.807) is 0 Å². The monoisotopic (exact) mass is 476 g/mol. The predicted octanol–water partition coefficient (Wildman–Crippen LogP) is 3.09. The molecule has 4 aromatic rings. The number of carbonyl (C=O) groups excluding carboxylic acids is 1. The molecule has 1 fully saturated rings. The van der Waals surface area contributed by atoms with Crippen molar-refractivity contribution < 1.29 is 4.79 Å². The van der Waals surface area contributed by atoms with Crippen molar-refractivity contribution in [2.45, 2.75) is 44.9 Å². The molecule has 1 aliphatic heterocycles. The van der Waals surface area contributed by atoms with Crippen LogP contribution in [0, 0.1) is 5.92 Å². The van der Waals surface area contributed by atoms with Crippen molar-refractivity contribution >= 4 is 38.2 Å². The summed E-state index contributed by atoms with van der Waals surface area (Å²) in [6, 6.07) is 8.23. The van der Waals surface area contributed by atoms with E-state index in [0.717, 1.165) is 73.4 Å². The van der Waals surface area contributed by atoms with Gasteiger partial charge >= 0.3 is 0 Å². The Morgan fingerprint density at radius 2 is 2.09 bits per heavy atom. The van der Waals surface area contributed by atoms with Crippen molar-refractivity contribution in [3.63, 3.8) is 0 Å². The Labute approximate surface area is 201 Å². The Morgan fingerprint density at radius 3 is 3.03 bits per heavy atom. The molecule has 1 atom stereocenters. The van der Waals surface area contributed by atoms with Crippen LogP contribution in [0.2, 0.25) is 0 Å². The first kappa shape index (κ1) is 21.3. The van der Waals surface area contributed by atoms with E-state index in [-0.39, 0.29) is 17.4 Å². The molecule has 6 rings (SSSR count). The summed E-state index contributed by atoms with van der Waals surface area (Å²) in [6.07, 6.45) is 8.41. The van der Waals surface area contributed by atoms with E-state index < -0.39 is 0 Å². The van der Waals surface area contributed by atoms with E-state index in [9.17, 15) is 9.59 Å². The van der Waals surface area contributed by atoms with Crippen LogP contribution in [-0.4, -0.2) is 45.1 Å². The highest BCUT2D eigenvalue weighted by Crippen LogP contribution is 2.28. The summed E-state index contributed by atoms with van der Waals surface area (Å²) in [5, 5.41) is 9.74. The first-order valence-corrected chi connectivity index (χ1v) is 13.0. The fraction of sp³-hybridized carbons (Fsp3) is 0.440. The fourth-order valence-corrected chi connectivity index (χ4v) is 6.21. The molecule has 3 aromatic heterocycles. The summed E-state index contributed by atoms with van der Waals surface area (Å²) in [5.41, 5.74) is 4.09. The molecule has 0 bridgehead atoms. The zero-order valence-electron chi connectivity index (χ0n) is 19.0. The molecule has 4 heterocycles. The maximum Gasteiger partial charge on any atom is 0.278 e.